The fraction of sp³-hybridized carbons (Fsp3) is 0. The van der Waals surface area contributed by atoms with E-state index in [-0.39, 0.29) is 11.5 Å². The second-order valence-electron chi connectivity index (χ2n) is 5.48. The van der Waals surface area contributed by atoms with Gasteiger partial charge in [-0.15, -0.1) is 11.3 Å². The van der Waals surface area contributed by atoms with Crippen LogP contribution in [0, 0.1) is 0 Å². The van der Waals surface area contributed by atoms with Gasteiger partial charge in [0.15, 0.2) is 5.76 Å². The number of hydrogen-bond acceptors (Lipinski definition) is 5. The molecule has 128 valence electrons. The van der Waals surface area contributed by atoms with E-state index in [0.29, 0.717) is 27.1 Å². The number of benzene rings is 2. The molecule has 3 aromatic rings. The summed E-state index contributed by atoms with van der Waals surface area (Å²) < 4.78 is 11.7. The van der Waals surface area contributed by atoms with Crippen molar-refractivity contribution in [1.82, 2.24) is 0 Å². The molecule has 0 unspecified atom stereocenters. The topological polar surface area (TPSA) is 52.6 Å². The molecular formula is C20H11BrO4S. The molecule has 1 aromatic heterocycles. The van der Waals surface area contributed by atoms with Crippen molar-refractivity contribution in [3.63, 3.8) is 0 Å². The molecule has 6 heteroatoms. The molecule has 2 heterocycles. The van der Waals surface area contributed by atoms with Gasteiger partial charge in [-0.25, -0.2) is 4.79 Å². The van der Waals surface area contributed by atoms with Crippen molar-refractivity contribution in [2.75, 3.05) is 0 Å². The molecule has 2 aromatic carbocycles. The summed E-state index contributed by atoms with van der Waals surface area (Å²) in [4.78, 5) is 25.7. The van der Waals surface area contributed by atoms with Crippen molar-refractivity contribution in [2.24, 2.45) is 0 Å². The predicted octanol–water partition coefficient (Wildman–Crippen LogP) is 5.35. The summed E-state index contributed by atoms with van der Waals surface area (Å²) in [7, 11) is 0. The van der Waals surface area contributed by atoms with Gasteiger partial charge in [0.25, 0.3) is 0 Å². The molecule has 4 rings (SSSR count). The third-order valence-electron chi connectivity index (χ3n) is 3.76. The SMILES string of the molecule is O=C(Oc1ccc2c(c1)OC(=Cc1cccs1)C2=O)c1ccccc1Br. The van der Waals surface area contributed by atoms with E-state index >= 15 is 0 Å². The van der Waals surface area contributed by atoms with Crippen molar-refractivity contribution in [3.8, 4) is 11.5 Å². The van der Waals surface area contributed by atoms with E-state index in [1.165, 1.54) is 11.3 Å². The minimum atomic E-state index is -0.490. The highest BCUT2D eigenvalue weighted by molar-refractivity contribution is 9.10. The zero-order valence-electron chi connectivity index (χ0n) is 13.3. The average molecular weight is 427 g/mol. The van der Waals surface area contributed by atoms with Crippen molar-refractivity contribution in [3.05, 3.63) is 86.2 Å². The maximum absolute atomic E-state index is 12.4. The lowest BCUT2D eigenvalue weighted by molar-refractivity contribution is 0.0733. The first-order chi connectivity index (χ1) is 12.6. The second-order valence-corrected chi connectivity index (χ2v) is 7.32. The first-order valence-corrected chi connectivity index (χ1v) is 9.37. The van der Waals surface area contributed by atoms with Crippen LogP contribution in [0.3, 0.4) is 0 Å². The molecule has 1 aliphatic heterocycles. The third kappa shape index (κ3) is 3.21. The summed E-state index contributed by atoms with van der Waals surface area (Å²) in [5.41, 5.74) is 0.872. The molecule has 1 aliphatic rings. The first kappa shape index (κ1) is 16.8. The standard InChI is InChI=1S/C20H11BrO4S/c21-16-6-2-1-5-14(16)20(23)24-12-7-8-15-17(10-12)25-18(19(15)22)11-13-4-3-9-26-13/h1-11H. The van der Waals surface area contributed by atoms with Crippen molar-refractivity contribution in [1.29, 1.82) is 0 Å². The van der Waals surface area contributed by atoms with Crippen LogP contribution in [0.2, 0.25) is 0 Å². The predicted molar refractivity (Wildman–Crippen MR) is 103 cm³/mol. The number of carbonyl (C=O) groups excluding carboxylic acids is 2. The van der Waals surface area contributed by atoms with Crippen LogP contribution in [0.4, 0.5) is 0 Å². The highest BCUT2D eigenvalue weighted by atomic mass is 79.9. The number of allylic oxidation sites excluding steroid dienone is 1. The number of ether oxygens (including phenoxy) is 2. The lowest BCUT2D eigenvalue weighted by atomic mass is 10.1. The van der Waals surface area contributed by atoms with Gasteiger partial charge in [0.1, 0.15) is 11.5 Å². The second kappa shape index (κ2) is 6.90. The number of hydrogen-bond donors (Lipinski definition) is 0. The van der Waals surface area contributed by atoms with Crippen LogP contribution in [0.5, 0.6) is 11.5 Å². The Morgan fingerprint density at radius 3 is 2.73 bits per heavy atom. The number of thiophene rings is 1. The van der Waals surface area contributed by atoms with Crippen LogP contribution in [0.1, 0.15) is 25.6 Å². The minimum absolute atomic E-state index is 0.183. The Morgan fingerprint density at radius 2 is 1.96 bits per heavy atom. The van der Waals surface area contributed by atoms with Crippen LogP contribution in [0.25, 0.3) is 6.08 Å². The summed E-state index contributed by atoms with van der Waals surface area (Å²) in [5.74, 6) is 0.287. The Kier molecular flexibility index (Phi) is 4.44. The molecule has 0 radical (unpaired) electrons. The Bertz CT molecular complexity index is 1040. The Labute approximate surface area is 161 Å². The number of esters is 1. The summed E-state index contributed by atoms with van der Waals surface area (Å²) in [6, 6.07) is 15.6. The number of halogens is 1. The smallest absolute Gasteiger partial charge is 0.344 e. The van der Waals surface area contributed by atoms with E-state index in [4.69, 9.17) is 9.47 Å². The zero-order chi connectivity index (χ0) is 18.1. The number of rotatable bonds is 3. The van der Waals surface area contributed by atoms with Gasteiger partial charge in [0, 0.05) is 21.5 Å². The summed E-state index contributed by atoms with van der Waals surface area (Å²) in [6.45, 7) is 0. The van der Waals surface area contributed by atoms with E-state index in [0.717, 1.165) is 4.88 Å². The van der Waals surface area contributed by atoms with Gasteiger partial charge in [-0.3, -0.25) is 4.79 Å². The lowest BCUT2D eigenvalue weighted by Crippen LogP contribution is -2.09. The number of Topliss-reactive ketones (excluding diaryl/α,β-unsaturated/α-hetero) is 1. The van der Waals surface area contributed by atoms with Gasteiger partial charge in [-0.2, -0.15) is 0 Å². The van der Waals surface area contributed by atoms with Gasteiger partial charge in [-0.05, 0) is 51.6 Å². The van der Waals surface area contributed by atoms with Gasteiger partial charge >= 0.3 is 5.97 Å². The van der Waals surface area contributed by atoms with Gasteiger partial charge in [-0.1, -0.05) is 18.2 Å². The van der Waals surface area contributed by atoms with Crippen LogP contribution in [0.15, 0.2) is 70.2 Å². The molecular weight excluding hydrogens is 416 g/mol. The van der Waals surface area contributed by atoms with Crippen LogP contribution < -0.4 is 9.47 Å². The average Bonchev–Trinajstić information content (AvgIpc) is 3.24. The summed E-state index contributed by atoms with van der Waals surface area (Å²) in [5, 5.41) is 1.93. The Morgan fingerprint density at radius 1 is 1.12 bits per heavy atom. The molecule has 0 spiro atoms. The molecule has 0 aliphatic carbocycles. The monoisotopic (exact) mass is 426 g/mol. The molecule has 0 saturated heterocycles. The molecule has 0 bridgehead atoms. The maximum Gasteiger partial charge on any atom is 0.344 e. The van der Waals surface area contributed by atoms with Crippen LogP contribution in [-0.2, 0) is 0 Å². The third-order valence-corrected chi connectivity index (χ3v) is 5.27. The maximum atomic E-state index is 12.4. The van der Waals surface area contributed by atoms with E-state index in [1.807, 2.05) is 23.6 Å². The van der Waals surface area contributed by atoms with Crippen molar-refractivity contribution < 1.29 is 19.1 Å². The number of fused-ring (bicyclic) bond motifs is 1. The number of carbonyl (C=O) groups is 2. The van der Waals surface area contributed by atoms with Gasteiger partial charge in [0.2, 0.25) is 5.78 Å². The van der Waals surface area contributed by atoms with Crippen LogP contribution >= 0.6 is 27.3 Å². The minimum Gasteiger partial charge on any atom is -0.452 e. The first-order valence-electron chi connectivity index (χ1n) is 7.70. The molecule has 0 N–H and O–H groups in total. The van der Waals surface area contributed by atoms with Gasteiger partial charge in [0.05, 0.1) is 11.1 Å². The molecule has 0 saturated carbocycles. The molecule has 0 atom stereocenters. The fourth-order valence-electron chi connectivity index (χ4n) is 2.52. The highest BCUT2D eigenvalue weighted by Gasteiger charge is 2.28. The molecule has 0 amide bonds. The quantitative estimate of drug-likeness (QED) is 0.322. The number of ketones is 1. The van der Waals surface area contributed by atoms with E-state index in [1.54, 1.807) is 42.5 Å². The highest BCUT2D eigenvalue weighted by Crippen LogP contribution is 2.35. The fourth-order valence-corrected chi connectivity index (χ4v) is 3.62. The summed E-state index contributed by atoms with van der Waals surface area (Å²) in [6.07, 6.45) is 1.71. The van der Waals surface area contributed by atoms with Crippen molar-refractivity contribution >= 4 is 45.1 Å². The van der Waals surface area contributed by atoms with E-state index < -0.39 is 5.97 Å². The van der Waals surface area contributed by atoms with E-state index in [2.05, 4.69) is 15.9 Å². The Balaban J connectivity index is 1.57. The van der Waals surface area contributed by atoms with E-state index in [9.17, 15) is 9.59 Å². The zero-order valence-corrected chi connectivity index (χ0v) is 15.7. The molecule has 0 fully saturated rings. The normalized spacial score (nSPS) is 14.2. The van der Waals surface area contributed by atoms with Crippen LogP contribution in [-0.4, -0.2) is 11.8 Å². The largest absolute Gasteiger partial charge is 0.452 e. The molecule has 26 heavy (non-hydrogen) atoms. The van der Waals surface area contributed by atoms with Gasteiger partial charge < -0.3 is 9.47 Å². The Hall–Kier alpha value is -2.70. The van der Waals surface area contributed by atoms with Crippen molar-refractivity contribution in [2.45, 2.75) is 0 Å². The molecule has 4 nitrogen and oxygen atoms in total. The summed E-state index contributed by atoms with van der Waals surface area (Å²) >= 11 is 4.85. The lowest BCUT2D eigenvalue weighted by Gasteiger charge is -2.06.